The summed E-state index contributed by atoms with van der Waals surface area (Å²) in [5, 5.41) is 3.87. The van der Waals surface area contributed by atoms with Gasteiger partial charge >= 0.3 is 0 Å². The highest BCUT2D eigenvalue weighted by Gasteiger charge is 2.25. The maximum atomic E-state index is 11.7. The first-order valence-corrected chi connectivity index (χ1v) is 6.04. The molecule has 2 heterocycles. The summed E-state index contributed by atoms with van der Waals surface area (Å²) in [4.78, 5) is 14.9. The van der Waals surface area contributed by atoms with Gasteiger partial charge in [-0.3, -0.25) is 4.79 Å². The van der Waals surface area contributed by atoms with Crippen LogP contribution in [0.25, 0.3) is 6.08 Å². The van der Waals surface area contributed by atoms with Crippen molar-refractivity contribution in [3.8, 4) is 0 Å². The van der Waals surface area contributed by atoms with Gasteiger partial charge in [0.1, 0.15) is 5.57 Å². The second-order valence-electron chi connectivity index (χ2n) is 4.37. The van der Waals surface area contributed by atoms with Crippen molar-refractivity contribution in [2.45, 2.75) is 33.3 Å². The Bertz CT molecular complexity index is 512. The predicted molar refractivity (Wildman–Crippen MR) is 69.9 cm³/mol. The minimum absolute atomic E-state index is 0.0188. The van der Waals surface area contributed by atoms with Crippen LogP contribution in [0, 0.1) is 0 Å². The smallest absolute Gasteiger partial charge is 0.277 e. The molecule has 0 radical (unpaired) electrons. The molecular formula is C13H17N3O2. The molecule has 0 saturated carbocycles. The van der Waals surface area contributed by atoms with Gasteiger partial charge in [0.15, 0.2) is 0 Å². The van der Waals surface area contributed by atoms with Gasteiger partial charge in [-0.2, -0.15) is 0 Å². The first-order valence-electron chi connectivity index (χ1n) is 6.04. The zero-order valence-electron chi connectivity index (χ0n) is 10.8. The van der Waals surface area contributed by atoms with Crippen LogP contribution in [0.15, 0.2) is 22.8 Å². The Morgan fingerprint density at radius 3 is 2.83 bits per heavy atom. The quantitative estimate of drug-likeness (QED) is 0.800. The molecule has 0 saturated heterocycles. The standard InChI is InChI=1S/C13H17N3O2/c1-4-9-5-6-10(14-9)7-11-12(17)15-16-13(11)18-8(2)3/h5-8,14H,4H2,1-3H3,(H,15,17)/b11-7+. The first kappa shape index (κ1) is 12.4. The van der Waals surface area contributed by atoms with E-state index < -0.39 is 0 Å². The van der Waals surface area contributed by atoms with Crippen LogP contribution < -0.4 is 5.43 Å². The molecule has 0 atom stereocenters. The molecule has 0 unspecified atom stereocenters. The maximum absolute atomic E-state index is 11.7. The second kappa shape index (κ2) is 5.08. The van der Waals surface area contributed by atoms with Crippen molar-refractivity contribution in [3.63, 3.8) is 0 Å². The van der Waals surface area contributed by atoms with E-state index in [4.69, 9.17) is 4.74 Å². The zero-order chi connectivity index (χ0) is 13.1. The fraction of sp³-hybridized carbons (Fsp3) is 0.385. The lowest BCUT2D eigenvalue weighted by Gasteiger charge is -2.08. The number of aromatic amines is 1. The number of nitrogens with zero attached hydrogens (tertiary/aromatic N) is 1. The van der Waals surface area contributed by atoms with Gasteiger partial charge in [-0.25, -0.2) is 5.43 Å². The molecule has 96 valence electrons. The van der Waals surface area contributed by atoms with Crippen LogP contribution in [0.4, 0.5) is 0 Å². The summed E-state index contributed by atoms with van der Waals surface area (Å²) >= 11 is 0. The number of rotatable bonds is 3. The lowest BCUT2D eigenvalue weighted by Crippen LogP contribution is -2.16. The molecule has 1 aromatic rings. The summed E-state index contributed by atoms with van der Waals surface area (Å²) in [6.45, 7) is 5.86. The lowest BCUT2D eigenvalue weighted by atomic mass is 10.2. The Morgan fingerprint density at radius 1 is 1.44 bits per heavy atom. The largest absolute Gasteiger partial charge is 0.473 e. The molecule has 5 heteroatoms. The van der Waals surface area contributed by atoms with Crippen LogP contribution in [0.3, 0.4) is 0 Å². The topological polar surface area (TPSA) is 66.5 Å². The molecule has 0 spiro atoms. The number of ether oxygens (including phenoxy) is 1. The number of aryl methyl sites for hydroxylation is 1. The highest BCUT2D eigenvalue weighted by Crippen LogP contribution is 2.14. The Labute approximate surface area is 106 Å². The van der Waals surface area contributed by atoms with Gasteiger partial charge in [0, 0.05) is 11.4 Å². The van der Waals surface area contributed by atoms with Crippen LogP contribution in [-0.4, -0.2) is 22.9 Å². The number of nitrogens with one attached hydrogen (secondary N) is 2. The fourth-order valence-corrected chi connectivity index (χ4v) is 1.66. The summed E-state index contributed by atoms with van der Waals surface area (Å²) in [5.41, 5.74) is 4.86. The number of amides is 1. The van der Waals surface area contributed by atoms with Crippen LogP contribution in [0.1, 0.15) is 32.2 Å². The van der Waals surface area contributed by atoms with Gasteiger partial charge in [0.05, 0.1) is 6.10 Å². The molecule has 18 heavy (non-hydrogen) atoms. The fourth-order valence-electron chi connectivity index (χ4n) is 1.66. The van der Waals surface area contributed by atoms with Gasteiger partial charge in [-0.1, -0.05) is 6.92 Å². The number of aromatic nitrogens is 1. The van der Waals surface area contributed by atoms with Gasteiger partial charge in [0.25, 0.3) is 5.91 Å². The number of carbonyl (C=O) groups excluding carboxylic acids is 1. The molecule has 0 aliphatic carbocycles. The number of hydrazone groups is 1. The Kier molecular flexibility index (Phi) is 3.50. The van der Waals surface area contributed by atoms with Gasteiger partial charge in [-0.05, 0) is 38.5 Å². The van der Waals surface area contributed by atoms with E-state index >= 15 is 0 Å². The number of hydrogen-bond acceptors (Lipinski definition) is 3. The van der Waals surface area contributed by atoms with Crippen molar-refractivity contribution in [2.24, 2.45) is 5.10 Å². The Balaban J connectivity index is 2.23. The van der Waals surface area contributed by atoms with Crippen molar-refractivity contribution in [1.29, 1.82) is 0 Å². The van der Waals surface area contributed by atoms with Crippen LogP contribution in [0.5, 0.6) is 0 Å². The minimum atomic E-state index is -0.238. The van der Waals surface area contributed by atoms with Gasteiger partial charge in [0.2, 0.25) is 5.90 Å². The number of carbonyl (C=O) groups is 1. The average molecular weight is 247 g/mol. The van der Waals surface area contributed by atoms with Crippen LogP contribution in [-0.2, 0) is 16.0 Å². The van der Waals surface area contributed by atoms with Crippen molar-refractivity contribution >= 4 is 17.9 Å². The highest BCUT2D eigenvalue weighted by molar-refractivity contribution is 6.24. The highest BCUT2D eigenvalue weighted by atomic mass is 16.5. The predicted octanol–water partition coefficient (Wildman–Crippen LogP) is 1.83. The molecule has 1 aliphatic heterocycles. The molecule has 2 rings (SSSR count). The zero-order valence-corrected chi connectivity index (χ0v) is 10.8. The van der Waals surface area contributed by atoms with Crippen LogP contribution in [0.2, 0.25) is 0 Å². The second-order valence-corrected chi connectivity index (χ2v) is 4.37. The van der Waals surface area contributed by atoms with E-state index in [9.17, 15) is 4.79 Å². The third-order valence-electron chi connectivity index (χ3n) is 2.53. The summed E-state index contributed by atoms with van der Waals surface area (Å²) in [6, 6.07) is 3.93. The summed E-state index contributed by atoms with van der Waals surface area (Å²) in [7, 11) is 0. The van der Waals surface area contributed by atoms with Gasteiger partial charge < -0.3 is 9.72 Å². The minimum Gasteiger partial charge on any atom is -0.473 e. The van der Waals surface area contributed by atoms with E-state index in [0.29, 0.717) is 11.5 Å². The van der Waals surface area contributed by atoms with E-state index in [1.165, 1.54) is 0 Å². The van der Waals surface area contributed by atoms with E-state index in [1.54, 1.807) is 6.08 Å². The van der Waals surface area contributed by atoms with Gasteiger partial charge in [-0.15, -0.1) is 5.10 Å². The van der Waals surface area contributed by atoms with Crippen molar-refractivity contribution in [3.05, 3.63) is 29.1 Å². The third kappa shape index (κ3) is 2.61. The van der Waals surface area contributed by atoms with Crippen LogP contribution >= 0.6 is 0 Å². The molecule has 5 nitrogen and oxygen atoms in total. The molecule has 1 amide bonds. The van der Waals surface area contributed by atoms with E-state index in [-0.39, 0.29) is 12.0 Å². The summed E-state index contributed by atoms with van der Waals surface area (Å²) in [6.07, 6.45) is 2.66. The van der Waals surface area contributed by atoms with Crippen molar-refractivity contribution in [1.82, 2.24) is 10.4 Å². The Hall–Kier alpha value is -2.04. The van der Waals surface area contributed by atoms with E-state index in [1.807, 2.05) is 26.0 Å². The Morgan fingerprint density at radius 2 is 2.22 bits per heavy atom. The van der Waals surface area contributed by atoms with Crippen molar-refractivity contribution < 1.29 is 9.53 Å². The third-order valence-corrected chi connectivity index (χ3v) is 2.53. The molecule has 0 aromatic carbocycles. The summed E-state index contributed by atoms with van der Waals surface area (Å²) in [5.74, 6) is 0.112. The van der Waals surface area contributed by atoms with E-state index in [0.717, 1.165) is 17.8 Å². The number of hydrogen-bond donors (Lipinski definition) is 2. The lowest BCUT2D eigenvalue weighted by molar-refractivity contribution is -0.116. The average Bonchev–Trinajstić information content (AvgIpc) is 2.90. The molecule has 0 bridgehead atoms. The van der Waals surface area contributed by atoms with E-state index in [2.05, 4.69) is 22.4 Å². The first-order chi connectivity index (χ1) is 8.60. The molecular weight excluding hydrogens is 230 g/mol. The normalized spacial score (nSPS) is 17.2. The monoisotopic (exact) mass is 247 g/mol. The SMILES string of the molecule is CCc1ccc(/C=C2\C(=O)NN=C2OC(C)C)[nH]1. The molecule has 0 fully saturated rings. The van der Waals surface area contributed by atoms with Crippen molar-refractivity contribution in [2.75, 3.05) is 0 Å². The maximum Gasteiger partial charge on any atom is 0.277 e. The number of H-pyrrole nitrogens is 1. The molecule has 1 aliphatic rings. The molecule has 1 aromatic heterocycles. The summed E-state index contributed by atoms with van der Waals surface area (Å²) < 4.78 is 5.48. The molecule has 2 N–H and O–H groups in total.